The maximum absolute atomic E-state index is 13.0. The lowest BCUT2D eigenvalue weighted by Gasteiger charge is -2.14. The van der Waals surface area contributed by atoms with E-state index >= 15 is 0 Å². The second-order valence-electron chi connectivity index (χ2n) is 8.06. The Bertz CT molecular complexity index is 1340. The minimum absolute atomic E-state index is 0.0372. The lowest BCUT2D eigenvalue weighted by atomic mass is 10.1. The average molecular weight is 480 g/mol. The van der Waals surface area contributed by atoms with Gasteiger partial charge in [0.05, 0.1) is 17.7 Å². The topological polar surface area (TPSA) is 114 Å². The third kappa shape index (κ3) is 5.44. The standard InChI is InChI=1S/C25H25N3O5S/c1-16-8-9-18(14-21(16)26-24(29)17-6-4-3-5-7-17)25(30)27-22-15-20(12-13-23(22)33-2)34(31,32)28-19-10-11-19/h3-9,12-15,19,28H,10-11H2,1-2H3,(H,26,29)(H,27,30). The maximum atomic E-state index is 13.0. The molecule has 1 aliphatic rings. The lowest BCUT2D eigenvalue weighted by Crippen LogP contribution is -2.26. The van der Waals surface area contributed by atoms with Crippen LogP contribution >= 0.6 is 0 Å². The zero-order valence-electron chi connectivity index (χ0n) is 18.8. The third-order valence-electron chi connectivity index (χ3n) is 5.41. The van der Waals surface area contributed by atoms with Crippen molar-refractivity contribution in [1.29, 1.82) is 0 Å². The van der Waals surface area contributed by atoms with Gasteiger partial charge in [0.25, 0.3) is 11.8 Å². The van der Waals surface area contributed by atoms with Crippen LogP contribution < -0.4 is 20.1 Å². The van der Waals surface area contributed by atoms with E-state index in [1.165, 1.54) is 25.3 Å². The number of aryl methyl sites for hydroxylation is 1. The van der Waals surface area contributed by atoms with E-state index < -0.39 is 15.9 Å². The number of benzene rings is 3. The molecular weight excluding hydrogens is 454 g/mol. The molecular formula is C25H25N3O5S. The quantitative estimate of drug-likeness (QED) is 0.453. The number of nitrogens with one attached hydrogen (secondary N) is 3. The van der Waals surface area contributed by atoms with Gasteiger partial charge >= 0.3 is 0 Å². The summed E-state index contributed by atoms with van der Waals surface area (Å²) in [5, 5.41) is 5.55. The fraction of sp³-hybridized carbons (Fsp3) is 0.200. The number of rotatable bonds is 8. The van der Waals surface area contributed by atoms with Crippen LogP contribution in [0.1, 0.15) is 39.1 Å². The van der Waals surface area contributed by atoms with E-state index in [0.29, 0.717) is 22.6 Å². The summed E-state index contributed by atoms with van der Waals surface area (Å²) in [5.41, 5.74) is 2.30. The molecule has 2 amide bonds. The number of methoxy groups -OCH3 is 1. The first-order valence-electron chi connectivity index (χ1n) is 10.8. The molecule has 1 fully saturated rings. The van der Waals surface area contributed by atoms with Gasteiger partial charge in [-0.3, -0.25) is 9.59 Å². The molecule has 3 aromatic rings. The summed E-state index contributed by atoms with van der Waals surface area (Å²) in [6.45, 7) is 1.83. The van der Waals surface area contributed by atoms with Crippen molar-refractivity contribution in [3.8, 4) is 5.75 Å². The van der Waals surface area contributed by atoms with E-state index in [9.17, 15) is 18.0 Å². The van der Waals surface area contributed by atoms with Crippen LogP contribution in [0, 0.1) is 6.92 Å². The predicted octanol–water partition coefficient (Wildman–Crippen LogP) is 3.95. The van der Waals surface area contributed by atoms with Gasteiger partial charge in [0, 0.05) is 22.9 Å². The van der Waals surface area contributed by atoms with Gasteiger partial charge in [-0.05, 0) is 67.8 Å². The molecule has 0 radical (unpaired) electrons. The van der Waals surface area contributed by atoms with Crippen molar-refractivity contribution < 1.29 is 22.7 Å². The van der Waals surface area contributed by atoms with E-state index in [1.54, 1.807) is 42.5 Å². The van der Waals surface area contributed by atoms with Crippen molar-refractivity contribution in [2.75, 3.05) is 17.7 Å². The van der Waals surface area contributed by atoms with Crippen molar-refractivity contribution in [2.24, 2.45) is 0 Å². The molecule has 0 spiro atoms. The lowest BCUT2D eigenvalue weighted by molar-refractivity contribution is 0.101. The summed E-state index contributed by atoms with van der Waals surface area (Å²) in [6, 6.07) is 18.0. The zero-order valence-corrected chi connectivity index (χ0v) is 19.6. The Balaban J connectivity index is 1.56. The van der Waals surface area contributed by atoms with E-state index in [0.717, 1.165) is 18.4 Å². The molecule has 0 saturated heterocycles. The summed E-state index contributed by atoms with van der Waals surface area (Å²) in [5.74, 6) is -0.439. The zero-order chi connectivity index (χ0) is 24.3. The minimum Gasteiger partial charge on any atom is -0.495 e. The van der Waals surface area contributed by atoms with Crippen LogP contribution in [-0.4, -0.2) is 33.4 Å². The Morgan fingerprint density at radius 2 is 1.53 bits per heavy atom. The molecule has 0 heterocycles. The van der Waals surface area contributed by atoms with Gasteiger partial charge in [-0.25, -0.2) is 13.1 Å². The minimum atomic E-state index is -3.70. The first-order chi connectivity index (χ1) is 16.3. The smallest absolute Gasteiger partial charge is 0.255 e. The van der Waals surface area contributed by atoms with Crippen LogP contribution in [0.2, 0.25) is 0 Å². The molecule has 176 valence electrons. The van der Waals surface area contributed by atoms with Crippen LogP contribution in [0.25, 0.3) is 0 Å². The van der Waals surface area contributed by atoms with Crippen LogP contribution in [0.15, 0.2) is 71.6 Å². The molecule has 0 bridgehead atoms. The average Bonchev–Trinajstić information content (AvgIpc) is 3.64. The predicted molar refractivity (Wildman–Crippen MR) is 130 cm³/mol. The number of carbonyl (C=O) groups is 2. The first-order valence-corrected chi connectivity index (χ1v) is 12.2. The molecule has 0 unspecified atom stereocenters. The molecule has 9 heteroatoms. The van der Waals surface area contributed by atoms with Crippen LogP contribution in [0.5, 0.6) is 5.75 Å². The first kappa shape index (κ1) is 23.5. The van der Waals surface area contributed by atoms with Crippen LogP contribution in [0.3, 0.4) is 0 Å². The molecule has 0 atom stereocenters. The SMILES string of the molecule is COc1ccc(S(=O)(=O)NC2CC2)cc1NC(=O)c1ccc(C)c(NC(=O)c2ccccc2)c1. The monoisotopic (exact) mass is 479 g/mol. The van der Waals surface area contributed by atoms with Crippen molar-refractivity contribution in [3.05, 3.63) is 83.4 Å². The Hall–Kier alpha value is -3.69. The van der Waals surface area contributed by atoms with E-state index in [-0.39, 0.29) is 22.5 Å². The van der Waals surface area contributed by atoms with Gasteiger partial charge in [0.1, 0.15) is 5.75 Å². The molecule has 34 heavy (non-hydrogen) atoms. The highest BCUT2D eigenvalue weighted by atomic mass is 32.2. The molecule has 1 aliphatic carbocycles. The summed E-state index contributed by atoms with van der Waals surface area (Å²) < 4.78 is 33.1. The molecule has 8 nitrogen and oxygen atoms in total. The third-order valence-corrected chi connectivity index (χ3v) is 6.93. The van der Waals surface area contributed by atoms with Crippen molar-refractivity contribution in [2.45, 2.75) is 30.7 Å². The van der Waals surface area contributed by atoms with Crippen LogP contribution in [-0.2, 0) is 10.0 Å². The van der Waals surface area contributed by atoms with Crippen molar-refractivity contribution in [3.63, 3.8) is 0 Å². The number of carbonyl (C=O) groups excluding carboxylic acids is 2. The number of ether oxygens (including phenoxy) is 1. The number of amides is 2. The Kier molecular flexibility index (Phi) is 6.67. The van der Waals surface area contributed by atoms with Gasteiger partial charge in [-0.15, -0.1) is 0 Å². The number of hydrogen-bond donors (Lipinski definition) is 3. The maximum Gasteiger partial charge on any atom is 0.255 e. The van der Waals surface area contributed by atoms with Crippen LogP contribution in [0.4, 0.5) is 11.4 Å². The summed E-state index contributed by atoms with van der Waals surface area (Å²) in [4.78, 5) is 25.6. The van der Waals surface area contributed by atoms with E-state index in [4.69, 9.17) is 4.74 Å². The van der Waals surface area contributed by atoms with Gasteiger partial charge in [0.2, 0.25) is 10.0 Å². The van der Waals surface area contributed by atoms with Gasteiger partial charge in [-0.1, -0.05) is 24.3 Å². The highest BCUT2D eigenvalue weighted by Crippen LogP contribution is 2.30. The highest BCUT2D eigenvalue weighted by Gasteiger charge is 2.28. The Morgan fingerprint density at radius 1 is 0.853 bits per heavy atom. The molecule has 3 aromatic carbocycles. The van der Waals surface area contributed by atoms with Gasteiger partial charge < -0.3 is 15.4 Å². The fourth-order valence-corrected chi connectivity index (χ4v) is 4.65. The second-order valence-corrected chi connectivity index (χ2v) is 9.78. The number of anilines is 2. The number of sulfonamides is 1. The van der Waals surface area contributed by atoms with Crippen molar-refractivity contribution >= 4 is 33.2 Å². The van der Waals surface area contributed by atoms with Gasteiger partial charge in [0.15, 0.2) is 0 Å². The molecule has 4 rings (SSSR count). The Labute approximate surface area is 198 Å². The van der Waals surface area contributed by atoms with E-state index in [1.807, 2.05) is 13.0 Å². The summed E-state index contributed by atoms with van der Waals surface area (Å²) in [6.07, 6.45) is 1.63. The van der Waals surface area contributed by atoms with E-state index in [2.05, 4.69) is 15.4 Å². The molecule has 1 saturated carbocycles. The second kappa shape index (κ2) is 9.66. The largest absolute Gasteiger partial charge is 0.495 e. The molecule has 0 aromatic heterocycles. The summed E-state index contributed by atoms with van der Waals surface area (Å²) >= 11 is 0. The van der Waals surface area contributed by atoms with Crippen molar-refractivity contribution in [1.82, 2.24) is 4.72 Å². The molecule has 0 aliphatic heterocycles. The normalized spacial score (nSPS) is 13.2. The summed E-state index contributed by atoms with van der Waals surface area (Å²) in [7, 11) is -2.27. The highest BCUT2D eigenvalue weighted by molar-refractivity contribution is 7.89. The number of hydrogen-bond acceptors (Lipinski definition) is 5. The Morgan fingerprint density at radius 3 is 2.21 bits per heavy atom. The van der Waals surface area contributed by atoms with Gasteiger partial charge in [-0.2, -0.15) is 0 Å². The fourth-order valence-electron chi connectivity index (χ4n) is 3.32. The molecule has 3 N–H and O–H groups in total.